The van der Waals surface area contributed by atoms with Gasteiger partial charge in [-0.05, 0) is 77.8 Å². The van der Waals surface area contributed by atoms with Gasteiger partial charge in [0.2, 0.25) is 0 Å². The van der Waals surface area contributed by atoms with E-state index in [1.54, 1.807) is 24.3 Å². The Balaban J connectivity index is 1.55. The van der Waals surface area contributed by atoms with Gasteiger partial charge in [0.05, 0.1) is 27.4 Å². The van der Waals surface area contributed by atoms with Crippen LogP contribution in [0.5, 0.6) is 0 Å². The quantitative estimate of drug-likeness (QED) is 0.194. The highest BCUT2D eigenvalue weighted by molar-refractivity contribution is 6.25. The van der Waals surface area contributed by atoms with E-state index in [0.29, 0.717) is 11.0 Å². The molecule has 0 radical (unpaired) electrons. The lowest BCUT2D eigenvalue weighted by Crippen LogP contribution is -1.91. The monoisotopic (exact) mass is 566 g/mol. The second kappa shape index (κ2) is 9.44. The summed E-state index contributed by atoms with van der Waals surface area (Å²) in [5, 5.41) is -1.78. The van der Waals surface area contributed by atoms with Crippen molar-refractivity contribution in [2.75, 3.05) is 0 Å². The van der Waals surface area contributed by atoms with Gasteiger partial charge in [-0.3, -0.25) is 0 Å². The molecule has 0 atom stereocenters. The summed E-state index contributed by atoms with van der Waals surface area (Å²) >= 11 is 0. The number of furan rings is 1. The second-order valence-corrected chi connectivity index (χ2v) is 9.69. The van der Waals surface area contributed by atoms with Crippen molar-refractivity contribution in [3.8, 4) is 33.4 Å². The normalized spacial score (nSPS) is 18.2. The molecule has 1 heteroatoms. The molecule has 8 aromatic carbocycles. The Hall–Kier alpha value is -5.66. The lowest BCUT2D eigenvalue weighted by atomic mass is 9.84. The Morgan fingerprint density at radius 1 is 0.395 bits per heavy atom. The molecule has 200 valence electrons. The first kappa shape index (κ1) is 11.6. The molecule has 1 nitrogen and oxygen atoms in total. The Morgan fingerprint density at radius 2 is 1.00 bits per heavy atom. The fourth-order valence-electron chi connectivity index (χ4n) is 5.61. The highest BCUT2D eigenvalue weighted by atomic mass is 16.3. The van der Waals surface area contributed by atoms with E-state index >= 15 is 0 Å². The van der Waals surface area contributed by atoms with E-state index < -0.39 is 159 Å². The molecule has 0 aliphatic carbocycles. The number of rotatable bonds is 3. The van der Waals surface area contributed by atoms with Crippen molar-refractivity contribution >= 4 is 54.3 Å². The molecule has 0 unspecified atom stereocenters. The van der Waals surface area contributed by atoms with Crippen LogP contribution in [0.2, 0.25) is 0 Å². The zero-order valence-electron chi connectivity index (χ0n) is 41.9. The van der Waals surface area contributed by atoms with E-state index in [9.17, 15) is 11.0 Å². The molecule has 0 aliphatic rings. The van der Waals surface area contributed by atoms with Gasteiger partial charge in [-0.2, -0.15) is 0 Å². The molecule has 0 saturated carbocycles. The van der Waals surface area contributed by atoms with Crippen LogP contribution in [0.25, 0.3) is 87.6 Å². The number of benzene rings is 8. The summed E-state index contributed by atoms with van der Waals surface area (Å²) in [6.45, 7) is 0. The predicted molar refractivity (Wildman–Crippen MR) is 183 cm³/mol. The summed E-state index contributed by atoms with van der Waals surface area (Å²) in [4.78, 5) is 0. The van der Waals surface area contributed by atoms with Gasteiger partial charge in [-0.25, -0.2) is 0 Å². The van der Waals surface area contributed by atoms with Crippen LogP contribution in [0.15, 0.2) is 162 Å². The molecule has 0 spiro atoms. The molecule has 43 heavy (non-hydrogen) atoms. The fourth-order valence-corrected chi connectivity index (χ4v) is 5.61. The van der Waals surface area contributed by atoms with E-state index in [1.807, 2.05) is 0 Å². The van der Waals surface area contributed by atoms with Crippen LogP contribution in [-0.2, 0) is 0 Å². The first-order valence-corrected chi connectivity index (χ1v) is 13.1. The van der Waals surface area contributed by atoms with Crippen LogP contribution in [0.4, 0.5) is 0 Å². The minimum absolute atomic E-state index is 0.0585. The Kier molecular flexibility index (Phi) is 2.54. The average molecular weight is 567 g/mol. The minimum Gasteiger partial charge on any atom is -0.456 e. The number of hydrogen-bond acceptors (Lipinski definition) is 1. The third-order valence-corrected chi connectivity index (χ3v) is 7.41. The van der Waals surface area contributed by atoms with Gasteiger partial charge in [0, 0.05) is 10.8 Å². The van der Waals surface area contributed by atoms with Gasteiger partial charge in [0.25, 0.3) is 0 Å². The van der Waals surface area contributed by atoms with Crippen molar-refractivity contribution in [3.63, 3.8) is 0 Å². The summed E-state index contributed by atoms with van der Waals surface area (Å²) in [5.74, 6) is 0. The van der Waals surface area contributed by atoms with Gasteiger partial charge in [-0.15, -0.1) is 0 Å². The van der Waals surface area contributed by atoms with Crippen molar-refractivity contribution < 1.29 is 31.8 Å². The molecule has 0 aliphatic heterocycles. The van der Waals surface area contributed by atoms with Gasteiger partial charge in [-0.1, -0.05) is 145 Å². The zero-order chi connectivity index (χ0) is 45.7. The summed E-state index contributed by atoms with van der Waals surface area (Å²) in [7, 11) is 0. The van der Waals surface area contributed by atoms with E-state index in [-0.39, 0.29) is 38.9 Å². The Morgan fingerprint density at radius 3 is 1.74 bits per heavy atom. The molecular formula is C42H26O. The second-order valence-electron chi connectivity index (χ2n) is 9.69. The van der Waals surface area contributed by atoms with Crippen LogP contribution in [0.1, 0.15) is 27.4 Å². The lowest BCUT2D eigenvalue weighted by molar-refractivity contribution is 0.669. The maximum absolute atomic E-state index is 9.51. The Labute approximate surface area is 277 Å². The van der Waals surface area contributed by atoms with Crippen LogP contribution in [0, 0.1) is 0 Å². The number of fused-ring (bicyclic) bond motifs is 6. The smallest absolute Gasteiger partial charge is 0.136 e. The summed E-state index contributed by atoms with van der Waals surface area (Å²) in [5.41, 5.74) is -2.05. The molecule has 9 rings (SSSR count). The van der Waals surface area contributed by atoms with Gasteiger partial charge in [0.1, 0.15) is 11.2 Å². The molecule has 0 amide bonds. The molecule has 0 fully saturated rings. The van der Waals surface area contributed by atoms with E-state index in [1.165, 1.54) is 12.1 Å². The molecule has 0 bridgehead atoms. The number of para-hydroxylation sites is 1. The molecule has 0 saturated heterocycles. The highest BCUT2D eigenvalue weighted by Gasteiger charge is 2.20. The standard InChI is InChI=1S/C42H26O/c1-2-13-30-27(11-1)12-9-19-31(30)28-23-25-29(26-24-28)40-32-14-3-5-16-34(32)41(35-17-6-4-15-33(35)40)37-20-10-22-39-42(37)36-18-7-8-21-38(36)43-39/h1-26H/i1D,2D,3D,4D,5D,6D,9D,11D,12D,13D,14D,15D,16D,17D,19D,22D,23D,24D,25D,26D. The van der Waals surface area contributed by atoms with Crippen molar-refractivity contribution in [1.29, 1.82) is 0 Å². The fraction of sp³-hybridized carbons (Fsp3) is 0. The third-order valence-electron chi connectivity index (χ3n) is 7.41. The van der Waals surface area contributed by atoms with E-state index in [2.05, 4.69) is 0 Å². The van der Waals surface area contributed by atoms with Crippen LogP contribution < -0.4 is 0 Å². The van der Waals surface area contributed by atoms with Crippen LogP contribution in [0.3, 0.4) is 0 Å². The summed E-state index contributed by atoms with van der Waals surface area (Å²) in [6.07, 6.45) is 0. The first-order valence-electron chi connectivity index (χ1n) is 23.1. The van der Waals surface area contributed by atoms with Crippen LogP contribution in [-0.4, -0.2) is 0 Å². The Bertz CT molecular complexity index is 3510. The molecule has 0 N–H and O–H groups in total. The van der Waals surface area contributed by atoms with E-state index in [4.69, 9.17) is 20.9 Å². The predicted octanol–water partition coefficient (Wildman–Crippen LogP) is 12.0. The van der Waals surface area contributed by atoms with Gasteiger partial charge < -0.3 is 4.42 Å². The molecule has 1 heterocycles. The van der Waals surface area contributed by atoms with Crippen LogP contribution >= 0.6 is 0 Å². The molecule has 9 aromatic rings. The van der Waals surface area contributed by atoms with E-state index in [0.717, 1.165) is 0 Å². The van der Waals surface area contributed by atoms with Gasteiger partial charge >= 0.3 is 0 Å². The maximum Gasteiger partial charge on any atom is 0.136 e. The van der Waals surface area contributed by atoms with Gasteiger partial charge in [0.15, 0.2) is 0 Å². The average Bonchev–Trinajstić information content (AvgIpc) is 3.67. The first-order chi connectivity index (χ1) is 29.7. The highest BCUT2D eigenvalue weighted by Crippen LogP contribution is 2.47. The van der Waals surface area contributed by atoms with Crippen molar-refractivity contribution in [3.05, 3.63) is 157 Å². The topological polar surface area (TPSA) is 13.1 Å². The lowest BCUT2D eigenvalue weighted by Gasteiger charge is -2.18. The SMILES string of the molecule is [2H]c1c([2H])c(-c2c3c([2H])c([2H])c([2H])c([2H])c3c(-c3ccc([2H])c4oc5ccccc5c34)c3c([2H])c([2H])c([2H])c([2H])c23)c([2H])c([2H])c1-c1c([2H])c([2H])c([2H])c2c([2H])c([2H])c([2H])c([2H])c12. The molecular weight excluding hydrogens is 520 g/mol. The minimum atomic E-state index is -0.935. The van der Waals surface area contributed by atoms with Crippen molar-refractivity contribution in [2.45, 2.75) is 0 Å². The molecule has 1 aromatic heterocycles. The summed E-state index contributed by atoms with van der Waals surface area (Å²) < 4.78 is 185. The van der Waals surface area contributed by atoms with Crippen molar-refractivity contribution in [1.82, 2.24) is 0 Å². The zero-order valence-corrected chi connectivity index (χ0v) is 21.9. The largest absolute Gasteiger partial charge is 0.456 e. The number of hydrogen-bond donors (Lipinski definition) is 0. The van der Waals surface area contributed by atoms with Crippen molar-refractivity contribution in [2.24, 2.45) is 0 Å². The third kappa shape index (κ3) is 3.65. The summed E-state index contributed by atoms with van der Waals surface area (Å²) in [6, 6.07) is -5.68. The maximum atomic E-state index is 9.51.